The molecule has 1 aliphatic rings. The lowest BCUT2D eigenvalue weighted by atomic mass is 10.0. The van der Waals surface area contributed by atoms with Crippen LogP contribution in [0.4, 0.5) is 4.79 Å². The molecule has 4 nitrogen and oxygen atoms in total. The van der Waals surface area contributed by atoms with E-state index in [1.54, 1.807) is 11.3 Å². The van der Waals surface area contributed by atoms with E-state index in [-0.39, 0.29) is 6.09 Å². The molecule has 2 rings (SSSR count). The Kier molecular flexibility index (Phi) is 5.27. The molecule has 1 atom stereocenters. The third-order valence-electron chi connectivity index (χ3n) is 3.60. The molecule has 118 valence electrons. The van der Waals surface area contributed by atoms with Crippen molar-refractivity contribution in [2.45, 2.75) is 58.2 Å². The fraction of sp³-hybridized carbons (Fsp3) is 0.688. The van der Waals surface area contributed by atoms with Crippen LogP contribution in [0.15, 0.2) is 17.5 Å². The van der Waals surface area contributed by atoms with E-state index < -0.39 is 5.60 Å². The Hall–Kier alpha value is -1.07. The fourth-order valence-corrected chi connectivity index (χ4v) is 3.27. The molecular weight excluding hydrogens is 284 g/mol. The lowest BCUT2D eigenvalue weighted by Gasteiger charge is -2.34. The lowest BCUT2D eigenvalue weighted by Crippen LogP contribution is -2.46. The first-order chi connectivity index (χ1) is 9.85. The van der Waals surface area contributed by atoms with Gasteiger partial charge in [-0.3, -0.25) is 0 Å². The highest BCUT2D eigenvalue weighted by molar-refractivity contribution is 7.10. The quantitative estimate of drug-likeness (QED) is 0.923. The highest BCUT2D eigenvalue weighted by atomic mass is 32.1. The topological polar surface area (TPSA) is 41.6 Å². The van der Waals surface area contributed by atoms with Gasteiger partial charge in [-0.2, -0.15) is 0 Å². The Labute approximate surface area is 131 Å². The van der Waals surface area contributed by atoms with Gasteiger partial charge in [0.2, 0.25) is 0 Å². The van der Waals surface area contributed by atoms with Crippen molar-refractivity contribution in [3.63, 3.8) is 0 Å². The van der Waals surface area contributed by atoms with Crippen molar-refractivity contribution in [3.05, 3.63) is 22.4 Å². The highest BCUT2D eigenvalue weighted by Crippen LogP contribution is 2.22. The van der Waals surface area contributed by atoms with Crippen LogP contribution in [0.5, 0.6) is 0 Å². The minimum absolute atomic E-state index is 0.188. The zero-order valence-electron chi connectivity index (χ0n) is 13.4. The van der Waals surface area contributed by atoms with Crippen molar-refractivity contribution in [2.24, 2.45) is 0 Å². The van der Waals surface area contributed by atoms with Crippen LogP contribution < -0.4 is 5.32 Å². The predicted octanol–water partition coefficient (Wildman–Crippen LogP) is 3.80. The van der Waals surface area contributed by atoms with Crippen molar-refractivity contribution in [1.82, 2.24) is 10.2 Å². The molecule has 1 N–H and O–H groups in total. The molecule has 1 fully saturated rings. The number of hydrogen-bond donors (Lipinski definition) is 1. The first-order valence-electron chi connectivity index (χ1n) is 7.62. The molecule has 0 radical (unpaired) electrons. The van der Waals surface area contributed by atoms with E-state index in [0.717, 1.165) is 25.9 Å². The zero-order valence-corrected chi connectivity index (χ0v) is 14.2. The summed E-state index contributed by atoms with van der Waals surface area (Å²) in [6.07, 6.45) is 1.77. The Morgan fingerprint density at radius 3 is 2.62 bits per heavy atom. The Bertz CT molecular complexity index is 445. The highest BCUT2D eigenvalue weighted by Gasteiger charge is 2.27. The van der Waals surface area contributed by atoms with Crippen LogP contribution in [-0.2, 0) is 4.74 Å². The van der Waals surface area contributed by atoms with Gasteiger partial charge in [-0.25, -0.2) is 4.79 Å². The molecule has 5 heteroatoms. The van der Waals surface area contributed by atoms with E-state index in [1.165, 1.54) is 4.88 Å². The van der Waals surface area contributed by atoms with Gasteiger partial charge in [0.25, 0.3) is 0 Å². The molecular formula is C16H26N2O2S. The van der Waals surface area contributed by atoms with E-state index in [1.807, 2.05) is 25.7 Å². The zero-order chi connectivity index (χ0) is 15.5. The third kappa shape index (κ3) is 5.00. The van der Waals surface area contributed by atoms with Gasteiger partial charge in [0, 0.05) is 30.1 Å². The van der Waals surface area contributed by atoms with Crippen LogP contribution in [0.3, 0.4) is 0 Å². The van der Waals surface area contributed by atoms with Crippen LogP contribution in [0.1, 0.15) is 51.5 Å². The maximum absolute atomic E-state index is 12.0. The molecule has 1 aromatic rings. The smallest absolute Gasteiger partial charge is 0.410 e. The number of carbonyl (C=O) groups is 1. The number of likely N-dealkylation sites (tertiary alicyclic amines) is 1. The standard InChI is InChI=1S/C16H26N2O2S/c1-12(14-6-5-11-21-14)17-13-7-9-18(10-8-13)15(19)20-16(2,3)4/h5-6,11-13,17H,7-10H2,1-4H3/t12-/m0/s1. The van der Waals surface area contributed by atoms with Gasteiger partial charge in [0.15, 0.2) is 0 Å². The second-order valence-electron chi connectivity index (χ2n) is 6.65. The SMILES string of the molecule is C[C@H](NC1CCN(C(=O)OC(C)(C)C)CC1)c1cccs1. The average Bonchev–Trinajstić information content (AvgIpc) is 2.91. The van der Waals surface area contributed by atoms with Gasteiger partial charge in [-0.1, -0.05) is 6.07 Å². The molecule has 0 aromatic carbocycles. The van der Waals surface area contributed by atoms with Crippen molar-refractivity contribution in [2.75, 3.05) is 13.1 Å². The number of carbonyl (C=O) groups excluding carboxylic acids is 1. The summed E-state index contributed by atoms with van der Waals surface area (Å²) in [7, 11) is 0. The van der Waals surface area contributed by atoms with Crippen LogP contribution in [-0.4, -0.2) is 35.7 Å². The first-order valence-corrected chi connectivity index (χ1v) is 8.50. The summed E-state index contributed by atoms with van der Waals surface area (Å²) in [6, 6.07) is 5.10. The van der Waals surface area contributed by atoms with Crippen LogP contribution in [0.25, 0.3) is 0 Å². The van der Waals surface area contributed by atoms with Gasteiger partial charge in [-0.15, -0.1) is 11.3 Å². The molecule has 1 amide bonds. The molecule has 1 saturated heterocycles. The minimum atomic E-state index is -0.417. The van der Waals surface area contributed by atoms with E-state index in [2.05, 4.69) is 29.8 Å². The van der Waals surface area contributed by atoms with E-state index in [4.69, 9.17) is 4.74 Å². The van der Waals surface area contributed by atoms with Gasteiger partial charge in [-0.05, 0) is 52.0 Å². The van der Waals surface area contributed by atoms with Gasteiger partial charge in [0.05, 0.1) is 0 Å². The number of ether oxygens (including phenoxy) is 1. The molecule has 0 unspecified atom stereocenters. The largest absolute Gasteiger partial charge is 0.444 e. The second kappa shape index (κ2) is 6.79. The van der Waals surface area contributed by atoms with E-state index in [9.17, 15) is 4.79 Å². The van der Waals surface area contributed by atoms with Crippen LogP contribution in [0, 0.1) is 0 Å². The molecule has 0 bridgehead atoms. The van der Waals surface area contributed by atoms with Crippen molar-refractivity contribution in [3.8, 4) is 0 Å². The molecule has 0 aliphatic carbocycles. The number of piperidine rings is 1. The normalized spacial score (nSPS) is 18.6. The number of hydrogen-bond acceptors (Lipinski definition) is 4. The van der Waals surface area contributed by atoms with Crippen molar-refractivity contribution >= 4 is 17.4 Å². The van der Waals surface area contributed by atoms with Crippen molar-refractivity contribution in [1.29, 1.82) is 0 Å². The van der Waals surface area contributed by atoms with Gasteiger partial charge < -0.3 is 15.0 Å². The molecule has 1 aromatic heterocycles. The number of amides is 1. The number of nitrogens with one attached hydrogen (secondary N) is 1. The summed E-state index contributed by atoms with van der Waals surface area (Å²) < 4.78 is 5.42. The number of rotatable bonds is 3. The number of nitrogens with zero attached hydrogens (tertiary/aromatic N) is 1. The summed E-state index contributed by atoms with van der Waals surface area (Å²) >= 11 is 1.78. The number of thiophene rings is 1. The van der Waals surface area contributed by atoms with Crippen molar-refractivity contribution < 1.29 is 9.53 Å². The molecule has 0 saturated carbocycles. The summed E-state index contributed by atoms with van der Waals surface area (Å²) in [5.41, 5.74) is -0.417. The molecule has 21 heavy (non-hydrogen) atoms. The van der Waals surface area contributed by atoms with E-state index in [0.29, 0.717) is 12.1 Å². The predicted molar refractivity (Wildman–Crippen MR) is 86.7 cm³/mol. The average molecular weight is 310 g/mol. The van der Waals surface area contributed by atoms with Gasteiger partial charge in [0.1, 0.15) is 5.60 Å². The summed E-state index contributed by atoms with van der Waals surface area (Å²) in [4.78, 5) is 15.2. The maximum atomic E-state index is 12.0. The van der Waals surface area contributed by atoms with Crippen LogP contribution in [0.2, 0.25) is 0 Å². The minimum Gasteiger partial charge on any atom is -0.444 e. The molecule has 1 aliphatic heterocycles. The first kappa shape index (κ1) is 16.3. The summed E-state index contributed by atoms with van der Waals surface area (Å²) in [5.74, 6) is 0. The van der Waals surface area contributed by atoms with Crippen LogP contribution >= 0.6 is 11.3 Å². The summed E-state index contributed by atoms with van der Waals surface area (Å²) in [6.45, 7) is 9.45. The second-order valence-corrected chi connectivity index (χ2v) is 7.62. The summed E-state index contributed by atoms with van der Waals surface area (Å²) in [5, 5.41) is 5.77. The van der Waals surface area contributed by atoms with E-state index >= 15 is 0 Å². The maximum Gasteiger partial charge on any atom is 0.410 e. The fourth-order valence-electron chi connectivity index (χ4n) is 2.53. The monoisotopic (exact) mass is 310 g/mol. The van der Waals surface area contributed by atoms with Gasteiger partial charge >= 0.3 is 6.09 Å². The Morgan fingerprint density at radius 2 is 2.10 bits per heavy atom. The molecule has 2 heterocycles. The Balaban J connectivity index is 1.77. The third-order valence-corrected chi connectivity index (χ3v) is 4.66. The lowest BCUT2D eigenvalue weighted by molar-refractivity contribution is 0.0196. The molecule has 0 spiro atoms. The Morgan fingerprint density at radius 1 is 1.43 bits per heavy atom.